The molecule has 1 atom stereocenters. The molecule has 0 aliphatic heterocycles. The van der Waals surface area contributed by atoms with Crippen LogP contribution in [0.4, 0.5) is 13.2 Å². The number of aliphatic hydroxyl groups is 1. The van der Waals surface area contributed by atoms with Crippen LogP contribution >= 0.6 is 0 Å². The molecular formula is C18H15F3O2. The summed E-state index contributed by atoms with van der Waals surface area (Å²) in [7, 11) is 0. The van der Waals surface area contributed by atoms with Gasteiger partial charge in [0.05, 0.1) is 6.42 Å². The number of benzene rings is 2. The van der Waals surface area contributed by atoms with E-state index in [1.807, 2.05) is 0 Å². The monoisotopic (exact) mass is 320 g/mol. The van der Waals surface area contributed by atoms with Gasteiger partial charge in [-0.15, -0.1) is 0 Å². The van der Waals surface area contributed by atoms with Crippen molar-refractivity contribution in [2.24, 2.45) is 0 Å². The van der Waals surface area contributed by atoms with E-state index in [0.717, 1.165) is 18.2 Å². The summed E-state index contributed by atoms with van der Waals surface area (Å²) in [5.41, 5.74) is -2.86. The summed E-state index contributed by atoms with van der Waals surface area (Å²) in [6.07, 6.45) is -3.55. The van der Waals surface area contributed by atoms with Gasteiger partial charge in [0.15, 0.2) is 11.4 Å². The van der Waals surface area contributed by atoms with Crippen LogP contribution in [-0.2, 0) is 10.4 Å². The number of hydrogen-bond acceptors (Lipinski definition) is 2. The third-order valence-corrected chi connectivity index (χ3v) is 3.41. The standard InChI is InChI=1S/C18H15F3O2/c19-18(20,21)17(23,15-9-5-2-6-10-15)13-16(22)12-11-14-7-3-1-4-8-14/h1-12,23H,13H2. The lowest BCUT2D eigenvalue weighted by atomic mass is 9.87. The lowest BCUT2D eigenvalue weighted by Gasteiger charge is -2.30. The Kier molecular flexibility index (Phi) is 5.01. The Morgan fingerprint density at radius 3 is 2.00 bits per heavy atom. The van der Waals surface area contributed by atoms with Gasteiger partial charge in [-0.3, -0.25) is 4.79 Å². The van der Waals surface area contributed by atoms with Crippen molar-refractivity contribution in [2.45, 2.75) is 18.2 Å². The van der Waals surface area contributed by atoms with Gasteiger partial charge in [-0.2, -0.15) is 13.2 Å². The molecule has 2 rings (SSSR count). The van der Waals surface area contributed by atoms with Gasteiger partial charge < -0.3 is 5.11 Å². The minimum absolute atomic E-state index is 0.353. The second-order valence-electron chi connectivity index (χ2n) is 5.11. The molecule has 0 amide bonds. The van der Waals surface area contributed by atoms with E-state index in [0.29, 0.717) is 5.56 Å². The van der Waals surface area contributed by atoms with Crippen molar-refractivity contribution < 1.29 is 23.1 Å². The molecule has 0 spiro atoms. The average molecular weight is 320 g/mol. The van der Waals surface area contributed by atoms with Gasteiger partial charge in [-0.25, -0.2) is 0 Å². The second kappa shape index (κ2) is 6.79. The van der Waals surface area contributed by atoms with Crippen LogP contribution in [0.15, 0.2) is 66.7 Å². The Morgan fingerprint density at radius 2 is 1.48 bits per heavy atom. The molecule has 1 unspecified atom stereocenters. The minimum atomic E-state index is -4.95. The van der Waals surface area contributed by atoms with Crippen molar-refractivity contribution in [3.05, 3.63) is 77.9 Å². The van der Waals surface area contributed by atoms with Gasteiger partial charge in [0.25, 0.3) is 0 Å². The molecule has 0 saturated heterocycles. The van der Waals surface area contributed by atoms with Gasteiger partial charge in [0.1, 0.15) is 0 Å². The SMILES string of the molecule is O=C(C=Cc1ccccc1)CC(O)(c1ccccc1)C(F)(F)F. The van der Waals surface area contributed by atoms with Crippen LogP contribution in [0.5, 0.6) is 0 Å². The summed E-state index contributed by atoms with van der Waals surface area (Å²) < 4.78 is 39.9. The van der Waals surface area contributed by atoms with Crippen LogP contribution in [0.3, 0.4) is 0 Å². The first-order chi connectivity index (χ1) is 10.8. The van der Waals surface area contributed by atoms with Gasteiger partial charge >= 0.3 is 6.18 Å². The van der Waals surface area contributed by atoms with Crippen molar-refractivity contribution in [3.8, 4) is 0 Å². The minimum Gasteiger partial charge on any atom is -0.376 e. The maximum atomic E-state index is 13.3. The quantitative estimate of drug-likeness (QED) is 0.842. The van der Waals surface area contributed by atoms with Crippen LogP contribution in [-0.4, -0.2) is 17.1 Å². The maximum Gasteiger partial charge on any atom is 0.421 e. The Hall–Kier alpha value is -2.40. The van der Waals surface area contributed by atoms with E-state index >= 15 is 0 Å². The molecule has 120 valence electrons. The molecule has 0 heterocycles. The maximum absolute atomic E-state index is 13.3. The second-order valence-corrected chi connectivity index (χ2v) is 5.11. The number of carbonyl (C=O) groups is 1. The van der Waals surface area contributed by atoms with Crippen LogP contribution < -0.4 is 0 Å². The fraction of sp³-hybridized carbons (Fsp3) is 0.167. The highest BCUT2D eigenvalue weighted by Crippen LogP contribution is 2.41. The highest BCUT2D eigenvalue weighted by Gasteiger charge is 2.55. The zero-order valence-electron chi connectivity index (χ0n) is 12.1. The summed E-state index contributed by atoms with van der Waals surface area (Å²) in [6, 6.07) is 15.3. The van der Waals surface area contributed by atoms with Crippen molar-refractivity contribution in [3.63, 3.8) is 0 Å². The zero-order chi connectivity index (χ0) is 16.9. The molecule has 1 N–H and O–H groups in total. The van der Waals surface area contributed by atoms with Gasteiger partial charge in [0, 0.05) is 0 Å². The topological polar surface area (TPSA) is 37.3 Å². The fourth-order valence-corrected chi connectivity index (χ4v) is 2.14. The number of halogens is 3. The molecule has 0 aliphatic carbocycles. The Morgan fingerprint density at radius 1 is 0.957 bits per heavy atom. The molecule has 0 bridgehead atoms. The summed E-state index contributed by atoms with van der Waals surface area (Å²) >= 11 is 0. The third-order valence-electron chi connectivity index (χ3n) is 3.41. The molecule has 0 fully saturated rings. The predicted molar refractivity (Wildman–Crippen MR) is 81.5 cm³/mol. The van der Waals surface area contributed by atoms with E-state index in [9.17, 15) is 23.1 Å². The van der Waals surface area contributed by atoms with Crippen LogP contribution in [0.25, 0.3) is 6.08 Å². The van der Waals surface area contributed by atoms with E-state index in [4.69, 9.17) is 0 Å². The number of allylic oxidation sites excluding steroid dienone is 1. The van der Waals surface area contributed by atoms with Crippen molar-refractivity contribution in [1.82, 2.24) is 0 Å². The Labute approximate surface area is 131 Å². The van der Waals surface area contributed by atoms with E-state index in [1.54, 1.807) is 30.3 Å². The van der Waals surface area contributed by atoms with E-state index in [2.05, 4.69) is 0 Å². The smallest absolute Gasteiger partial charge is 0.376 e. The lowest BCUT2D eigenvalue weighted by Crippen LogP contribution is -2.43. The first-order valence-electron chi connectivity index (χ1n) is 6.93. The van der Waals surface area contributed by atoms with Crippen molar-refractivity contribution >= 4 is 11.9 Å². The molecule has 2 aromatic rings. The third kappa shape index (κ3) is 4.07. The Bertz CT molecular complexity index is 678. The number of rotatable bonds is 5. The van der Waals surface area contributed by atoms with Crippen molar-refractivity contribution in [2.75, 3.05) is 0 Å². The van der Waals surface area contributed by atoms with Crippen LogP contribution in [0.2, 0.25) is 0 Å². The van der Waals surface area contributed by atoms with Gasteiger partial charge in [0.2, 0.25) is 0 Å². The van der Waals surface area contributed by atoms with E-state index in [1.165, 1.54) is 24.3 Å². The largest absolute Gasteiger partial charge is 0.421 e. The van der Waals surface area contributed by atoms with E-state index in [-0.39, 0.29) is 5.56 Å². The fourth-order valence-electron chi connectivity index (χ4n) is 2.14. The number of carbonyl (C=O) groups excluding carboxylic acids is 1. The molecule has 0 aliphatic rings. The molecule has 2 aromatic carbocycles. The van der Waals surface area contributed by atoms with Crippen molar-refractivity contribution in [1.29, 1.82) is 0 Å². The number of alkyl halides is 3. The highest BCUT2D eigenvalue weighted by atomic mass is 19.4. The molecule has 0 saturated carbocycles. The summed E-state index contributed by atoms with van der Waals surface area (Å²) in [5.74, 6) is -0.808. The molecule has 5 heteroatoms. The predicted octanol–water partition coefficient (Wildman–Crippen LogP) is 4.11. The summed E-state index contributed by atoms with van der Waals surface area (Å²) in [6.45, 7) is 0. The van der Waals surface area contributed by atoms with Gasteiger partial charge in [-0.05, 0) is 17.2 Å². The molecule has 23 heavy (non-hydrogen) atoms. The molecule has 0 radical (unpaired) electrons. The summed E-state index contributed by atoms with van der Waals surface area (Å²) in [5, 5.41) is 10.1. The van der Waals surface area contributed by atoms with Crippen LogP contribution in [0, 0.1) is 0 Å². The molecule has 2 nitrogen and oxygen atoms in total. The highest BCUT2D eigenvalue weighted by molar-refractivity contribution is 5.94. The molecule has 0 aromatic heterocycles. The van der Waals surface area contributed by atoms with Crippen LogP contribution in [0.1, 0.15) is 17.5 Å². The first-order valence-corrected chi connectivity index (χ1v) is 6.93. The number of ketones is 1. The Balaban J connectivity index is 2.22. The summed E-state index contributed by atoms with van der Waals surface area (Å²) in [4.78, 5) is 11.9. The van der Waals surface area contributed by atoms with Gasteiger partial charge in [-0.1, -0.05) is 66.7 Å². The number of hydrogen-bond donors (Lipinski definition) is 1. The average Bonchev–Trinajstić information content (AvgIpc) is 2.53. The molecular weight excluding hydrogens is 305 g/mol. The lowest BCUT2D eigenvalue weighted by molar-refractivity contribution is -0.266. The van der Waals surface area contributed by atoms with E-state index < -0.39 is 24.0 Å². The normalized spacial score (nSPS) is 14.6. The zero-order valence-corrected chi connectivity index (χ0v) is 12.1. The first kappa shape index (κ1) is 17.0.